The SMILES string of the molecule is CCCn1c(-c2ccc(S(=O)(=O)NC(C)C)cn2)c(C#N)c2ccc(OC(F)F)cc21. The van der Waals surface area contributed by atoms with E-state index in [1.54, 1.807) is 19.9 Å². The lowest BCUT2D eigenvalue weighted by Gasteiger charge is -2.12. The molecule has 0 atom stereocenters. The summed E-state index contributed by atoms with van der Waals surface area (Å²) in [7, 11) is -3.71. The lowest BCUT2D eigenvalue weighted by Crippen LogP contribution is -2.30. The minimum atomic E-state index is -3.71. The highest BCUT2D eigenvalue weighted by molar-refractivity contribution is 7.89. The first-order valence-corrected chi connectivity index (χ1v) is 11.2. The van der Waals surface area contributed by atoms with Crippen LogP contribution in [0.4, 0.5) is 8.78 Å². The second-order valence-electron chi connectivity index (χ2n) is 7.20. The Balaban J connectivity index is 2.17. The third kappa shape index (κ3) is 4.68. The number of hydrogen-bond donors (Lipinski definition) is 1. The van der Waals surface area contributed by atoms with Gasteiger partial charge in [-0.3, -0.25) is 4.98 Å². The van der Waals surface area contributed by atoms with Crippen LogP contribution in [-0.2, 0) is 16.6 Å². The van der Waals surface area contributed by atoms with Crippen molar-refractivity contribution in [2.24, 2.45) is 0 Å². The molecule has 0 saturated heterocycles. The van der Waals surface area contributed by atoms with Crippen LogP contribution in [0.25, 0.3) is 22.3 Å². The van der Waals surface area contributed by atoms with Gasteiger partial charge in [0, 0.05) is 30.2 Å². The van der Waals surface area contributed by atoms with E-state index < -0.39 is 16.6 Å². The smallest absolute Gasteiger partial charge is 0.387 e. The first-order chi connectivity index (χ1) is 14.7. The second kappa shape index (κ2) is 8.99. The molecule has 0 bridgehead atoms. The predicted octanol–water partition coefficient (Wildman–Crippen LogP) is 4.27. The highest BCUT2D eigenvalue weighted by Crippen LogP contribution is 2.35. The van der Waals surface area contributed by atoms with Gasteiger partial charge in [0.05, 0.1) is 22.5 Å². The molecule has 1 N–H and O–H groups in total. The fourth-order valence-corrected chi connectivity index (χ4v) is 4.59. The molecule has 3 aromatic rings. The Morgan fingerprint density at radius 1 is 1.26 bits per heavy atom. The van der Waals surface area contributed by atoms with Crippen LogP contribution >= 0.6 is 0 Å². The highest BCUT2D eigenvalue weighted by Gasteiger charge is 2.22. The molecule has 2 heterocycles. The van der Waals surface area contributed by atoms with Gasteiger partial charge in [-0.25, -0.2) is 13.1 Å². The summed E-state index contributed by atoms with van der Waals surface area (Å²) in [6.45, 7) is 2.92. The van der Waals surface area contributed by atoms with E-state index in [2.05, 4.69) is 20.5 Å². The number of halogens is 2. The summed E-state index contributed by atoms with van der Waals surface area (Å²) in [5.41, 5.74) is 1.79. The Bertz CT molecular complexity index is 1230. The fraction of sp³-hybridized carbons (Fsp3) is 0.333. The fourth-order valence-electron chi connectivity index (χ4n) is 3.40. The van der Waals surface area contributed by atoms with Crippen molar-refractivity contribution in [2.75, 3.05) is 0 Å². The normalized spacial score (nSPS) is 11.9. The quantitative estimate of drug-likeness (QED) is 0.555. The second-order valence-corrected chi connectivity index (χ2v) is 8.91. The number of nitrogens with one attached hydrogen (secondary N) is 1. The molecule has 0 spiro atoms. The van der Waals surface area contributed by atoms with Gasteiger partial charge in [0.1, 0.15) is 16.7 Å². The number of nitriles is 1. The van der Waals surface area contributed by atoms with Crippen LogP contribution in [0.15, 0.2) is 41.4 Å². The molecule has 0 aliphatic rings. The number of aryl methyl sites for hydroxylation is 1. The van der Waals surface area contributed by atoms with Crippen LogP contribution < -0.4 is 9.46 Å². The molecule has 0 unspecified atom stereocenters. The van der Waals surface area contributed by atoms with Crippen LogP contribution in [-0.4, -0.2) is 30.6 Å². The number of rotatable bonds is 8. The van der Waals surface area contributed by atoms with Gasteiger partial charge in [-0.2, -0.15) is 14.0 Å². The summed E-state index contributed by atoms with van der Waals surface area (Å²) in [6.07, 6.45) is 1.95. The van der Waals surface area contributed by atoms with E-state index >= 15 is 0 Å². The minimum Gasteiger partial charge on any atom is -0.435 e. The van der Waals surface area contributed by atoms with E-state index in [4.69, 9.17) is 0 Å². The monoisotopic (exact) mass is 448 g/mol. The molecule has 3 rings (SSSR count). The molecule has 0 radical (unpaired) electrons. The average Bonchev–Trinajstić information content (AvgIpc) is 3.00. The molecule has 0 aliphatic carbocycles. The summed E-state index contributed by atoms with van der Waals surface area (Å²) in [6, 6.07) is 9.27. The topological polar surface area (TPSA) is 97.0 Å². The van der Waals surface area contributed by atoms with Crippen LogP contribution in [0.2, 0.25) is 0 Å². The Hall–Kier alpha value is -3.03. The van der Waals surface area contributed by atoms with Crippen LogP contribution in [0.5, 0.6) is 5.75 Å². The van der Waals surface area contributed by atoms with E-state index in [-0.39, 0.29) is 16.7 Å². The maximum Gasteiger partial charge on any atom is 0.387 e. The Morgan fingerprint density at radius 3 is 2.55 bits per heavy atom. The number of benzene rings is 1. The van der Waals surface area contributed by atoms with Gasteiger partial charge >= 0.3 is 6.61 Å². The van der Waals surface area contributed by atoms with Gasteiger partial charge in [0.2, 0.25) is 10.0 Å². The first-order valence-electron chi connectivity index (χ1n) is 9.67. The Morgan fingerprint density at radius 2 is 2.00 bits per heavy atom. The number of ether oxygens (including phenoxy) is 1. The summed E-state index contributed by atoms with van der Waals surface area (Å²) >= 11 is 0. The Kier molecular flexibility index (Phi) is 6.57. The average molecular weight is 448 g/mol. The maximum absolute atomic E-state index is 12.7. The lowest BCUT2D eigenvalue weighted by molar-refractivity contribution is -0.0497. The largest absolute Gasteiger partial charge is 0.435 e. The van der Waals surface area contributed by atoms with Gasteiger partial charge in [0.25, 0.3) is 0 Å². The van der Waals surface area contributed by atoms with Crippen LogP contribution in [0, 0.1) is 11.3 Å². The standard InChI is InChI=1S/C21H22F2N4O3S/c1-4-9-27-19-10-14(30-21(22)23)5-7-16(19)17(11-24)20(27)18-8-6-15(12-25-18)31(28,29)26-13(2)3/h5-8,10,12-13,21,26H,4,9H2,1-3H3. The number of pyridine rings is 1. The van der Waals surface area contributed by atoms with Crippen molar-refractivity contribution in [1.82, 2.24) is 14.3 Å². The number of fused-ring (bicyclic) bond motifs is 1. The van der Waals surface area contributed by atoms with Crippen LogP contribution in [0.3, 0.4) is 0 Å². The van der Waals surface area contributed by atoms with Crippen molar-refractivity contribution in [3.05, 3.63) is 42.1 Å². The third-order valence-electron chi connectivity index (χ3n) is 4.50. The molecule has 0 fully saturated rings. The zero-order chi connectivity index (χ0) is 22.8. The van der Waals surface area contributed by atoms with E-state index in [0.29, 0.717) is 40.8 Å². The highest BCUT2D eigenvalue weighted by atomic mass is 32.2. The Labute approximate surface area is 179 Å². The van der Waals surface area contributed by atoms with Crippen molar-refractivity contribution < 1.29 is 21.9 Å². The number of nitrogens with zero attached hydrogens (tertiary/aromatic N) is 3. The number of sulfonamides is 1. The third-order valence-corrected chi connectivity index (χ3v) is 6.14. The van der Waals surface area contributed by atoms with E-state index in [0.717, 1.165) is 0 Å². The summed E-state index contributed by atoms with van der Waals surface area (Å²) < 4.78 is 58.9. The van der Waals surface area contributed by atoms with Crippen molar-refractivity contribution in [1.29, 1.82) is 5.26 Å². The van der Waals surface area contributed by atoms with E-state index in [1.165, 1.54) is 30.5 Å². The molecule has 2 aromatic heterocycles. The van der Waals surface area contributed by atoms with Crippen molar-refractivity contribution in [3.63, 3.8) is 0 Å². The van der Waals surface area contributed by atoms with Crippen molar-refractivity contribution >= 4 is 20.9 Å². The molecule has 164 valence electrons. The molecule has 10 heteroatoms. The van der Waals surface area contributed by atoms with Crippen molar-refractivity contribution in [2.45, 2.75) is 51.3 Å². The van der Waals surface area contributed by atoms with E-state index in [9.17, 15) is 22.5 Å². The zero-order valence-electron chi connectivity index (χ0n) is 17.3. The predicted molar refractivity (Wildman–Crippen MR) is 112 cm³/mol. The lowest BCUT2D eigenvalue weighted by atomic mass is 10.1. The van der Waals surface area contributed by atoms with Crippen LogP contribution in [0.1, 0.15) is 32.8 Å². The molecule has 31 heavy (non-hydrogen) atoms. The number of aromatic nitrogens is 2. The first kappa shape index (κ1) is 22.7. The molecule has 0 amide bonds. The molecular weight excluding hydrogens is 426 g/mol. The van der Waals surface area contributed by atoms with Gasteiger partial charge in [-0.05, 0) is 44.5 Å². The van der Waals surface area contributed by atoms with Crippen molar-refractivity contribution in [3.8, 4) is 23.2 Å². The molecule has 0 saturated carbocycles. The van der Waals surface area contributed by atoms with Gasteiger partial charge in [-0.15, -0.1) is 0 Å². The summed E-state index contributed by atoms with van der Waals surface area (Å²) in [5.74, 6) is -0.0115. The number of hydrogen-bond acceptors (Lipinski definition) is 5. The van der Waals surface area contributed by atoms with Gasteiger partial charge < -0.3 is 9.30 Å². The van der Waals surface area contributed by atoms with Gasteiger partial charge in [0.15, 0.2) is 0 Å². The van der Waals surface area contributed by atoms with E-state index in [1.807, 2.05) is 11.5 Å². The van der Waals surface area contributed by atoms with Gasteiger partial charge in [-0.1, -0.05) is 6.92 Å². The summed E-state index contributed by atoms with van der Waals surface area (Å²) in [4.78, 5) is 4.31. The maximum atomic E-state index is 12.7. The number of alkyl halides is 2. The zero-order valence-corrected chi connectivity index (χ0v) is 18.1. The molecule has 0 aliphatic heterocycles. The molecular formula is C21H22F2N4O3S. The molecule has 1 aromatic carbocycles. The summed E-state index contributed by atoms with van der Waals surface area (Å²) in [5, 5.41) is 10.4. The molecule has 7 nitrogen and oxygen atoms in total. The minimum absolute atomic E-state index is 0.00855.